The molecule has 414 valence electrons. The lowest BCUT2D eigenvalue weighted by Crippen LogP contribution is -2.61. The number of allylic oxidation sites excluding steroid dienone is 4. The van der Waals surface area contributed by atoms with Crippen molar-refractivity contribution < 1.29 is 51.8 Å². The Morgan fingerprint density at radius 2 is 0.943 bits per heavy atom. The van der Waals surface area contributed by atoms with E-state index >= 15 is 0 Å². The lowest BCUT2D eigenvalue weighted by Gasteiger charge is -2.41. The molecule has 12 nitrogen and oxygen atoms in total. The molecule has 0 aliphatic carbocycles. The first kappa shape index (κ1) is 66.6. The summed E-state index contributed by atoms with van der Waals surface area (Å²) in [7, 11) is -5.08. The Morgan fingerprint density at radius 1 is 0.571 bits per heavy atom. The second kappa shape index (κ2) is 47.3. The molecule has 0 radical (unpaired) electrons. The highest BCUT2D eigenvalue weighted by molar-refractivity contribution is 7.80. The van der Waals surface area contributed by atoms with Crippen molar-refractivity contribution in [3.63, 3.8) is 0 Å². The molecule has 0 spiro atoms. The zero-order valence-corrected chi connectivity index (χ0v) is 45.7. The molecule has 7 unspecified atom stereocenters. The monoisotopic (exact) mass is 1020 g/mol. The van der Waals surface area contributed by atoms with Gasteiger partial charge in [-0.3, -0.25) is 9.35 Å². The van der Waals surface area contributed by atoms with Crippen LogP contribution in [-0.2, 0) is 28.9 Å². The summed E-state index contributed by atoms with van der Waals surface area (Å²) in [4.78, 5) is 13.1. The number of rotatable bonds is 51. The largest absolute Gasteiger partial charge is 0.397 e. The SMILES string of the molecule is CCCCC/C=C\C=C/CCCCCCCCCCCCC(=O)NC(COC1OC(CO)C(O)C(OS(=O)(=O)O)C1O)C(O)CCCCCCCCCCCCCCCCCCCCCCCCCC. The Kier molecular flexibility index (Phi) is 45.0. The zero-order chi connectivity index (χ0) is 51.2. The third-order valence-corrected chi connectivity index (χ3v) is 14.5. The summed E-state index contributed by atoms with van der Waals surface area (Å²) >= 11 is 0. The highest BCUT2D eigenvalue weighted by Crippen LogP contribution is 2.26. The number of unbranched alkanes of at least 4 members (excludes halogenated alkanes) is 36. The highest BCUT2D eigenvalue weighted by atomic mass is 32.3. The van der Waals surface area contributed by atoms with Gasteiger partial charge in [-0.05, 0) is 38.5 Å². The van der Waals surface area contributed by atoms with Gasteiger partial charge in [0.25, 0.3) is 0 Å². The fraction of sp³-hybridized carbons (Fsp3) is 0.912. The van der Waals surface area contributed by atoms with Crippen LogP contribution in [0.3, 0.4) is 0 Å². The van der Waals surface area contributed by atoms with Crippen LogP contribution in [0.15, 0.2) is 24.3 Å². The van der Waals surface area contributed by atoms with Crippen molar-refractivity contribution in [1.29, 1.82) is 0 Å². The average Bonchev–Trinajstić information content (AvgIpc) is 3.33. The van der Waals surface area contributed by atoms with E-state index in [2.05, 4.69) is 47.7 Å². The minimum absolute atomic E-state index is 0.230. The number of amides is 1. The number of aliphatic hydroxyl groups is 4. The summed E-state index contributed by atoms with van der Waals surface area (Å²) in [6, 6.07) is -0.860. The van der Waals surface area contributed by atoms with Gasteiger partial charge < -0.3 is 35.2 Å². The van der Waals surface area contributed by atoms with E-state index in [1.165, 1.54) is 193 Å². The van der Waals surface area contributed by atoms with Gasteiger partial charge in [0.1, 0.15) is 24.4 Å². The molecular weight excluding hydrogens is 907 g/mol. The fourth-order valence-electron chi connectivity index (χ4n) is 9.51. The maximum atomic E-state index is 13.1. The molecular formula is C57H109NO11S. The Bertz CT molecular complexity index is 1330. The van der Waals surface area contributed by atoms with Crippen molar-refractivity contribution in [3.8, 4) is 0 Å². The molecule has 1 heterocycles. The Morgan fingerprint density at radius 3 is 1.36 bits per heavy atom. The maximum absolute atomic E-state index is 13.1. The van der Waals surface area contributed by atoms with E-state index in [1.54, 1.807) is 0 Å². The van der Waals surface area contributed by atoms with Gasteiger partial charge in [-0.1, -0.05) is 256 Å². The maximum Gasteiger partial charge on any atom is 0.397 e. The molecule has 0 bridgehead atoms. The van der Waals surface area contributed by atoms with Crippen molar-refractivity contribution in [2.24, 2.45) is 0 Å². The van der Waals surface area contributed by atoms with E-state index in [0.717, 1.165) is 51.4 Å². The molecule has 1 amide bonds. The number of hydrogen-bond acceptors (Lipinski definition) is 10. The summed E-state index contributed by atoms with van der Waals surface area (Å²) < 4.78 is 47.9. The number of hydrogen-bond donors (Lipinski definition) is 6. The number of nitrogens with one attached hydrogen (secondary N) is 1. The van der Waals surface area contributed by atoms with Gasteiger partial charge in [0.15, 0.2) is 6.29 Å². The third kappa shape index (κ3) is 39.1. The van der Waals surface area contributed by atoms with Gasteiger partial charge >= 0.3 is 10.4 Å². The molecule has 1 aliphatic rings. The summed E-state index contributed by atoms with van der Waals surface area (Å²) in [6.45, 7) is 3.46. The minimum atomic E-state index is -5.08. The Hall–Kier alpha value is -1.42. The van der Waals surface area contributed by atoms with Crippen LogP contribution in [0.25, 0.3) is 0 Å². The van der Waals surface area contributed by atoms with Gasteiger partial charge in [-0.25, -0.2) is 4.18 Å². The van der Waals surface area contributed by atoms with Crippen LogP contribution in [0.2, 0.25) is 0 Å². The zero-order valence-electron chi connectivity index (χ0n) is 44.9. The first-order valence-electron chi connectivity index (χ1n) is 29.2. The highest BCUT2D eigenvalue weighted by Gasteiger charge is 2.48. The van der Waals surface area contributed by atoms with Gasteiger partial charge in [0.2, 0.25) is 5.91 Å². The van der Waals surface area contributed by atoms with Crippen molar-refractivity contribution in [2.45, 2.75) is 320 Å². The number of carbonyl (C=O) groups excluding carboxylic acids is 1. The molecule has 7 atom stereocenters. The molecule has 13 heteroatoms. The lowest BCUT2D eigenvalue weighted by atomic mass is 9.99. The topological polar surface area (TPSA) is 192 Å². The number of aliphatic hydroxyl groups excluding tert-OH is 4. The first-order valence-corrected chi connectivity index (χ1v) is 30.6. The van der Waals surface area contributed by atoms with Gasteiger partial charge in [0, 0.05) is 6.42 Å². The number of ether oxygens (including phenoxy) is 2. The minimum Gasteiger partial charge on any atom is -0.394 e. The van der Waals surface area contributed by atoms with Crippen LogP contribution < -0.4 is 5.32 Å². The van der Waals surface area contributed by atoms with Crippen LogP contribution in [0, 0.1) is 0 Å². The summed E-state index contributed by atoms with van der Waals surface area (Å²) in [5.41, 5.74) is 0. The quantitative estimate of drug-likeness (QED) is 0.0193. The molecule has 0 aromatic carbocycles. The molecule has 70 heavy (non-hydrogen) atoms. The second-order valence-corrected chi connectivity index (χ2v) is 21.7. The van der Waals surface area contributed by atoms with E-state index in [9.17, 15) is 38.2 Å². The van der Waals surface area contributed by atoms with E-state index in [4.69, 9.17) is 9.47 Å². The van der Waals surface area contributed by atoms with Crippen LogP contribution in [0.4, 0.5) is 0 Å². The Labute approximate surface area is 429 Å². The van der Waals surface area contributed by atoms with Crippen molar-refractivity contribution >= 4 is 16.3 Å². The van der Waals surface area contributed by atoms with Crippen LogP contribution in [-0.4, -0.2) is 95.4 Å². The van der Waals surface area contributed by atoms with Gasteiger partial charge in [-0.2, -0.15) is 8.42 Å². The van der Waals surface area contributed by atoms with Crippen molar-refractivity contribution in [1.82, 2.24) is 5.32 Å². The predicted molar refractivity (Wildman–Crippen MR) is 287 cm³/mol. The predicted octanol–water partition coefficient (Wildman–Crippen LogP) is 13.6. The second-order valence-electron chi connectivity index (χ2n) is 20.6. The molecule has 1 rings (SSSR count). The molecule has 6 N–H and O–H groups in total. The molecule has 0 aromatic heterocycles. The smallest absolute Gasteiger partial charge is 0.394 e. The van der Waals surface area contributed by atoms with Crippen LogP contribution >= 0.6 is 0 Å². The van der Waals surface area contributed by atoms with Crippen molar-refractivity contribution in [3.05, 3.63) is 24.3 Å². The van der Waals surface area contributed by atoms with Crippen LogP contribution in [0.1, 0.15) is 277 Å². The molecule has 0 aromatic rings. The fourth-order valence-corrected chi connectivity index (χ4v) is 10.0. The normalized spacial score (nSPS) is 19.7. The molecule has 1 fully saturated rings. The van der Waals surface area contributed by atoms with Crippen molar-refractivity contribution in [2.75, 3.05) is 13.2 Å². The lowest BCUT2D eigenvalue weighted by molar-refractivity contribution is -0.298. The first-order chi connectivity index (χ1) is 34.0. The van der Waals surface area contributed by atoms with E-state index < -0.39 is 59.9 Å². The number of carbonyl (C=O) groups is 1. The van der Waals surface area contributed by atoms with Gasteiger partial charge in [0.05, 0.1) is 25.4 Å². The van der Waals surface area contributed by atoms with E-state index in [1.807, 2.05) is 0 Å². The summed E-state index contributed by atoms with van der Waals surface area (Å²) in [5.74, 6) is -0.230. The van der Waals surface area contributed by atoms with E-state index in [0.29, 0.717) is 12.8 Å². The van der Waals surface area contributed by atoms with Crippen LogP contribution in [0.5, 0.6) is 0 Å². The molecule has 1 saturated heterocycles. The standard InChI is InChI=1S/C57H109NO11S/c1-3-5-7-9-11-13-15-17-19-21-23-24-25-26-27-29-30-32-34-36-38-40-42-44-46-51(60)50(49-67-57-55(63)56(69-70(64,65)66)54(62)52(48-59)68-57)58-53(61)47-45-43-41-39-37-35-33-31-28-22-20-18-16-14-12-10-8-6-4-2/h12,14,16,18,50-52,54-57,59-60,62-63H,3-11,13,15,17,19-49H2,1-2H3,(H,58,61)(H,64,65,66)/b14-12-,18-16-. The van der Waals surface area contributed by atoms with Gasteiger partial charge in [-0.15, -0.1) is 0 Å². The summed E-state index contributed by atoms with van der Waals surface area (Å²) in [6.07, 6.45) is 48.9. The average molecular weight is 1020 g/mol. The molecule has 1 aliphatic heterocycles. The van der Waals surface area contributed by atoms with E-state index in [-0.39, 0.29) is 18.9 Å². The summed E-state index contributed by atoms with van der Waals surface area (Å²) in [5, 5.41) is 45.1. The Balaban J connectivity index is 2.34. The third-order valence-electron chi connectivity index (χ3n) is 14.0. The molecule has 0 saturated carbocycles.